The summed E-state index contributed by atoms with van der Waals surface area (Å²) in [7, 11) is 0. The van der Waals surface area contributed by atoms with Crippen molar-refractivity contribution in [2.45, 2.75) is 40.2 Å². The van der Waals surface area contributed by atoms with Crippen LogP contribution in [-0.2, 0) is 14.3 Å². The molecule has 0 aromatic heterocycles. The predicted molar refractivity (Wildman–Crippen MR) is 107 cm³/mol. The standard InChI is InChI=1S/C20H25NO6S/c1-5-13(4)27-18(22)12-21-19(23)17(28-20(21)24)11-14-8-9-15(25-6-2)16(10-14)26-7-3/h8-11,13H,5-7,12H2,1-4H3/b17-11+/t13-/m0/s1. The summed E-state index contributed by atoms with van der Waals surface area (Å²) in [5, 5.41) is -0.492. The third-order valence-corrected chi connectivity index (χ3v) is 4.84. The van der Waals surface area contributed by atoms with Gasteiger partial charge < -0.3 is 14.2 Å². The van der Waals surface area contributed by atoms with Crippen LogP contribution in [0.2, 0.25) is 0 Å². The molecule has 2 amide bonds. The molecular formula is C20H25NO6S. The Balaban J connectivity index is 2.16. The Bertz CT molecular complexity index is 776. The Morgan fingerprint density at radius 2 is 1.82 bits per heavy atom. The molecule has 0 unspecified atom stereocenters. The quantitative estimate of drug-likeness (QED) is 0.454. The number of ether oxygens (including phenoxy) is 3. The van der Waals surface area contributed by atoms with Crippen LogP contribution in [0.15, 0.2) is 23.1 Å². The summed E-state index contributed by atoms with van der Waals surface area (Å²) in [5.74, 6) is 0.0670. The minimum absolute atomic E-state index is 0.243. The van der Waals surface area contributed by atoms with Gasteiger partial charge in [0.2, 0.25) is 0 Å². The number of amides is 2. The number of esters is 1. The van der Waals surface area contributed by atoms with Gasteiger partial charge in [0, 0.05) is 0 Å². The van der Waals surface area contributed by atoms with Crippen LogP contribution in [0.3, 0.4) is 0 Å². The molecule has 0 aliphatic carbocycles. The van der Waals surface area contributed by atoms with Crippen molar-refractivity contribution in [3.05, 3.63) is 28.7 Å². The minimum atomic E-state index is -0.599. The van der Waals surface area contributed by atoms with Gasteiger partial charge in [-0.25, -0.2) is 0 Å². The average Bonchev–Trinajstić information content (AvgIpc) is 2.91. The van der Waals surface area contributed by atoms with E-state index in [9.17, 15) is 14.4 Å². The maximum absolute atomic E-state index is 12.5. The maximum Gasteiger partial charge on any atom is 0.326 e. The number of benzene rings is 1. The maximum atomic E-state index is 12.5. The highest BCUT2D eigenvalue weighted by molar-refractivity contribution is 8.18. The summed E-state index contributed by atoms with van der Waals surface area (Å²) in [6, 6.07) is 5.28. The number of hydrogen-bond donors (Lipinski definition) is 0. The van der Waals surface area contributed by atoms with Gasteiger partial charge in [-0.15, -0.1) is 0 Å². The van der Waals surface area contributed by atoms with Crippen LogP contribution >= 0.6 is 11.8 Å². The second-order valence-electron chi connectivity index (χ2n) is 6.05. The van der Waals surface area contributed by atoms with Gasteiger partial charge in [-0.2, -0.15) is 0 Å². The van der Waals surface area contributed by atoms with Crippen LogP contribution in [0.1, 0.15) is 39.7 Å². The molecule has 1 aromatic rings. The molecule has 8 heteroatoms. The average molecular weight is 407 g/mol. The van der Waals surface area contributed by atoms with Gasteiger partial charge in [-0.3, -0.25) is 19.3 Å². The van der Waals surface area contributed by atoms with Crippen molar-refractivity contribution in [2.24, 2.45) is 0 Å². The van der Waals surface area contributed by atoms with Crippen LogP contribution < -0.4 is 9.47 Å². The van der Waals surface area contributed by atoms with E-state index in [0.717, 1.165) is 16.7 Å². The van der Waals surface area contributed by atoms with Crippen LogP contribution in [0.4, 0.5) is 4.79 Å². The fraction of sp³-hybridized carbons (Fsp3) is 0.450. The molecule has 0 radical (unpaired) electrons. The summed E-state index contributed by atoms with van der Waals surface area (Å²) in [6.07, 6.45) is 2.00. The Kier molecular flexibility index (Phi) is 7.92. The highest BCUT2D eigenvalue weighted by Gasteiger charge is 2.36. The molecule has 7 nitrogen and oxygen atoms in total. The summed E-state index contributed by atoms with van der Waals surface area (Å²) in [4.78, 5) is 37.8. The lowest BCUT2D eigenvalue weighted by Crippen LogP contribution is -2.35. The van der Waals surface area contributed by atoms with Crippen molar-refractivity contribution in [2.75, 3.05) is 19.8 Å². The second kappa shape index (κ2) is 10.2. The molecule has 1 saturated heterocycles. The molecule has 28 heavy (non-hydrogen) atoms. The van der Waals surface area contributed by atoms with Gasteiger partial charge >= 0.3 is 5.97 Å². The number of hydrogen-bond acceptors (Lipinski definition) is 7. The van der Waals surface area contributed by atoms with Crippen molar-refractivity contribution in [3.8, 4) is 11.5 Å². The minimum Gasteiger partial charge on any atom is -0.490 e. The van der Waals surface area contributed by atoms with Crippen molar-refractivity contribution >= 4 is 35.0 Å². The van der Waals surface area contributed by atoms with E-state index in [2.05, 4.69) is 0 Å². The number of nitrogens with zero attached hydrogens (tertiary/aromatic N) is 1. The molecule has 0 bridgehead atoms. The Labute approximate surface area is 169 Å². The molecule has 1 aromatic carbocycles. The van der Waals surface area contributed by atoms with Gasteiger partial charge in [0.1, 0.15) is 6.54 Å². The van der Waals surface area contributed by atoms with Gasteiger partial charge in [0.25, 0.3) is 11.1 Å². The Morgan fingerprint density at radius 3 is 2.46 bits per heavy atom. The highest BCUT2D eigenvalue weighted by Crippen LogP contribution is 2.34. The first-order chi connectivity index (χ1) is 13.4. The third kappa shape index (κ3) is 5.51. The van der Waals surface area contributed by atoms with Crippen LogP contribution in [0, 0.1) is 0 Å². The van der Waals surface area contributed by atoms with Crippen molar-refractivity contribution in [3.63, 3.8) is 0 Å². The smallest absolute Gasteiger partial charge is 0.326 e. The van der Waals surface area contributed by atoms with Crippen molar-refractivity contribution in [1.82, 2.24) is 4.90 Å². The fourth-order valence-corrected chi connectivity index (χ4v) is 3.26. The van der Waals surface area contributed by atoms with E-state index in [1.807, 2.05) is 20.8 Å². The van der Waals surface area contributed by atoms with Crippen molar-refractivity contribution in [1.29, 1.82) is 0 Å². The Hall–Kier alpha value is -2.48. The zero-order valence-corrected chi connectivity index (χ0v) is 17.3. The second-order valence-corrected chi connectivity index (χ2v) is 7.04. The summed E-state index contributed by atoms with van der Waals surface area (Å²) in [6.45, 7) is 7.98. The first-order valence-corrected chi connectivity index (χ1v) is 10.1. The molecule has 1 aliphatic rings. The van der Waals surface area contributed by atoms with Crippen LogP contribution in [-0.4, -0.2) is 47.9 Å². The van der Waals surface area contributed by atoms with E-state index >= 15 is 0 Å². The topological polar surface area (TPSA) is 82.1 Å². The lowest BCUT2D eigenvalue weighted by molar-refractivity contribution is -0.150. The predicted octanol–water partition coefficient (Wildman–Crippen LogP) is 3.86. The molecular weight excluding hydrogens is 382 g/mol. The monoisotopic (exact) mass is 407 g/mol. The molecule has 0 saturated carbocycles. The Morgan fingerprint density at radius 1 is 1.14 bits per heavy atom. The molecule has 1 fully saturated rings. The molecule has 1 heterocycles. The number of thioether (sulfide) groups is 1. The van der Waals surface area contributed by atoms with Crippen LogP contribution in [0.5, 0.6) is 11.5 Å². The number of rotatable bonds is 9. The van der Waals surface area contributed by atoms with E-state index in [0.29, 0.717) is 36.7 Å². The van der Waals surface area contributed by atoms with E-state index in [1.54, 1.807) is 31.2 Å². The number of imide groups is 1. The number of carbonyl (C=O) groups is 3. The van der Waals surface area contributed by atoms with E-state index in [1.165, 1.54) is 0 Å². The van der Waals surface area contributed by atoms with Crippen molar-refractivity contribution < 1.29 is 28.6 Å². The van der Waals surface area contributed by atoms with Gasteiger partial charge in [-0.1, -0.05) is 13.0 Å². The summed E-state index contributed by atoms with van der Waals surface area (Å²) in [5.41, 5.74) is 0.694. The zero-order chi connectivity index (χ0) is 20.7. The normalized spacial score (nSPS) is 16.4. The van der Waals surface area contributed by atoms with Crippen LogP contribution in [0.25, 0.3) is 6.08 Å². The fourth-order valence-electron chi connectivity index (χ4n) is 2.42. The molecule has 0 N–H and O–H groups in total. The molecule has 1 atom stereocenters. The largest absolute Gasteiger partial charge is 0.490 e. The third-order valence-electron chi connectivity index (χ3n) is 3.93. The molecule has 0 spiro atoms. The molecule has 152 valence electrons. The first-order valence-electron chi connectivity index (χ1n) is 9.24. The van der Waals surface area contributed by atoms with E-state index < -0.39 is 17.1 Å². The molecule has 1 aliphatic heterocycles. The lowest BCUT2D eigenvalue weighted by atomic mass is 10.2. The van der Waals surface area contributed by atoms with Gasteiger partial charge in [-0.05, 0) is 62.7 Å². The first kappa shape index (κ1) is 21.8. The SMILES string of the molecule is CCOc1ccc(/C=C2/SC(=O)N(CC(=O)O[C@@H](C)CC)C2=O)cc1OCC. The van der Waals surface area contributed by atoms with Gasteiger partial charge in [0.05, 0.1) is 24.2 Å². The highest BCUT2D eigenvalue weighted by atomic mass is 32.2. The number of carbonyl (C=O) groups excluding carboxylic acids is 3. The zero-order valence-electron chi connectivity index (χ0n) is 16.5. The van der Waals surface area contributed by atoms with Gasteiger partial charge in [0.15, 0.2) is 11.5 Å². The lowest BCUT2D eigenvalue weighted by Gasteiger charge is -2.14. The summed E-state index contributed by atoms with van der Waals surface area (Å²) >= 11 is 0.796. The molecule has 2 rings (SSSR count). The van der Waals surface area contributed by atoms with E-state index in [-0.39, 0.29) is 17.6 Å². The van der Waals surface area contributed by atoms with E-state index in [4.69, 9.17) is 14.2 Å². The summed E-state index contributed by atoms with van der Waals surface area (Å²) < 4.78 is 16.2.